The largest absolute Gasteiger partial charge is 0.417 e. The molecule has 2 rings (SSSR count). The van der Waals surface area contributed by atoms with Crippen LogP contribution in [0.4, 0.5) is 17.6 Å². The van der Waals surface area contributed by atoms with Crippen LogP contribution in [-0.2, 0) is 12.6 Å². The first-order chi connectivity index (χ1) is 9.36. The smallest absolute Gasteiger partial charge is 0.322 e. The first-order valence-corrected chi connectivity index (χ1v) is 5.89. The van der Waals surface area contributed by atoms with E-state index in [0.29, 0.717) is 17.7 Å². The van der Waals surface area contributed by atoms with Gasteiger partial charge < -0.3 is 5.73 Å². The molecule has 1 heterocycles. The summed E-state index contributed by atoms with van der Waals surface area (Å²) in [4.78, 5) is 3.72. The lowest BCUT2D eigenvalue weighted by Crippen LogP contribution is -2.16. The number of nitrogens with two attached hydrogens (primary N) is 1. The van der Waals surface area contributed by atoms with Crippen LogP contribution in [0.1, 0.15) is 22.9 Å². The Kier molecular flexibility index (Phi) is 4.04. The molecule has 0 aliphatic rings. The third kappa shape index (κ3) is 3.54. The highest BCUT2D eigenvalue weighted by atomic mass is 19.4. The van der Waals surface area contributed by atoms with Gasteiger partial charge in [-0.25, -0.2) is 4.39 Å². The molecule has 1 atom stereocenters. The number of hydrogen-bond acceptors (Lipinski definition) is 2. The summed E-state index contributed by atoms with van der Waals surface area (Å²) in [5.41, 5.74) is 6.05. The van der Waals surface area contributed by atoms with Gasteiger partial charge in [-0.15, -0.1) is 0 Å². The Hall–Kier alpha value is -1.95. The van der Waals surface area contributed by atoms with E-state index < -0.39 is 17.8 Å². The van der Waals surface area contributed by atoms with Crippen molar-refractivity contribution in [2.45, 2.75) is 18.6 Å². The van der Waals surface area contributed by atoms with Gasteiger partial charge in [0.1, 0.15) is 5.82 Å². The van der Waals surface area contributed by atoms with Crippen LogP contribution in [0.2, 0.25) is 0 Å². The Balaban J connectivity index is 2.11. The maximum absolute atomic E-state index is 13.0. The summed E-state index contributed by atoms with van der Waals surface area (Å²) in [6.07, 6.45) is -3.37. The van der Waals surface area contributed by atoms with Gasteiger partial charge in [-0.05, 0) is 36.2 Å². The van der Waals surface area contributed by atoms with Crippen LogP contribution in [0.25, 0.3) is 0 Å². The zero-order valence-corrected chi connectivity index (χ0v) is 10.4. The molecule has 1 aromatic heterocycles. The molecule has 0 saturated carbocycles. The van der Waals surface area contributed by atoms with Gasteiger partial charge in [0, 0.05) is 6.20 Å². The fourth-order valence-electron chi connectivity index (χ4n) is 1.81. The zero-order chi connectivity index (χ0) is 14.8. The SMILES string of the molecule is NC(Cc1cccc(F)c1)c1ccc(C(F)(F)F)cn1. The van der Waals surface area contributed by atoms with Gasteiger partial charge in [-0.1, -0.05) is 12.1 Å². The van der Waals surface area contributed by atoms with E-state index in [-0.39, 0.29) is 5.82 Å². The molecule has 1 unspecified atom stereocenters. The van der Waals surface area contributed by atoms with Gasteiger partial charge in [-0.3, -0.25) is 4.98 Å². The molecule has 0 bridgehead atoms. The molecule has 0 amide bonds. The number of halogens is 4. The Labute approximate surface area is 113 Å². The number of alkyl halides is 3. The van der Waals surface area contributed by atoms with Gasteiger partial charge >= 0.3 is 6.18 Å². The summed E-state index contributed by atoms with van der Waals surface area (Å²) in [5, 5.41) is 0. The molecule has 0 spiro atoms. The molecule has 0 radical (unpaired) electrons. The van der Waals surface area contributed by atoms with Crippen molar-refractivity contribution in [1.82, 2.24) is 4.98 Å². The second-order valence-corrected chi connectivity index (χ2v) is 4.41. The molecule has 2 N–H and O–H groups in total. The molecule has 20 heavy (non-hydrogen) atoms. The molecule has 2 aromatic rings. The summed E-state index contributed by atoms with van der Waals surface area (Å²) >= 11 is 0. The van der Waals surface area contributed by atoms with Crippen molar-refractivity contribution in [3.8, 4) is 0 Å². The third-order valence-corrected chi connectivity index (χ3v) is 2.84. The predicted octanol–water partition coefficient (Wildman–Crippen LogP) is 3.48. The highest BCUT2D eigenvalue weighted by Crippen LogP contribution is 2.29. The highest BCUT2D eigenvalue weighted by Gasteiger charge is 2.30. The maximum atomic E-state index is 13.0. The van der Waals surface area contributed by atoms with E-state index in [1.54, 1.807) is 12.1 Å². The Morgan fingerprint density at radius 3 is 2.45 bits per heavy atom. The third-order valence-electron chi connectivity index (χ3n) is 2.84. The molecule has 0 saturated heterocycles. The van der Waals surface area contributed by atoms with Gasteiger partial charge in [0.25, 0.3) is 0 Å². The maximum Gasteiger partial charge on any atom is 0.417 e. The van der Waals surface area contributed by atoms with E-state index in [0.717, 1.165) is 12.3 Å². The minimum absolute atomic E-state index is 0.302. The fourth-order valence-corrected chi connectivity index (χ4v) is 1.81. The van der Waals surface area contributed by atoms with E-state index in [1.165, 1.54) is 18.2 Å². The van der Waals surface area contributed by atoms with Crippen LogP contribution in [0.3, 0.4) is 0 Å². The standard InChI is InChI=1S/C14H12F4N2/c15-11-3-1-2-9(6-11)7-12(19)13-5-4-10(8-20-13)14(16,17)18/h1-6,8,12H,7,19H2. The second kappa shape index (κ2) is 5.58. The minimum Gasteiger partial charge on any atom is -0.322 e. The van der Waals surface area contributed by atoms with Crippen molar-refractivity contribution < 1.29 is 17.6 Å². The van der Waals surface area contributed by atoms with Gasteiger partial charge in [0.05, 0.1) is 17.3 Å². The molecule has 0 aliphatic heterocycles. The van der Waals surface area contributed by atoms with E-state index in [1.807, 2.05) is 0 Å². The van der Waals surface area contributed by atoms with E-state index in [4.69, 9.17) is 5.73 Å². The summed E-state index contributed by atoms with van der Waals surface area (Å²) in [7, 11) is 0. The van der Waals surface area contributed by atoms with Crippen molar-refractivity contribution in [3.63, 3.8) is 0 Å². The van der Waals surface area contributed by atoms with Crippen molar-refractivity contribution in [3.05, 3.63) is 65.2 Å². The van der Waals surface area contributed by atoms with Crippen LogP contribution in [0.15, 0.2) is 42.6 Å². The Morgan fingerprint density at radius 1 is 1.15 bits per heavy atom. The van der Waals surface area contributed by atoms with Crippen molar-refractivity contribution in [1.29, 1.82) is 0 Å². The fraction of sp³-hybridized carbons (Fsp3) is 0.214. The zero-order valence-electron chi connectivity index (χ0n) is 10.4. The molecule has 0 aliphatic carbocycles. The van der Waals surface area contributed by atoms with Gasteiger partial charge in [-0.2, -0.15) is 13.2 Å². The highest BCUT2D eigenvalue weighted by molar-refractivity contribution is 5.22. The first-order valence-electron chi connectivity index (χ1n) is 5.89. The van der Waals surface area contributed by atoms with Crippen LogP contribution in [0.5, 0.6) is 0 Å². The number of rotatable bonds is 3. The van der Waals surface area contributed by atoms with Gasteiger partial charge in [0.15, 0.2) is 0 Å². The predicted molar refractivity (Wildman–Crippen MR) is 66.3 cm³/mol. The number of hydrogen-bond donors (Lipinski definition) is 1. The van der Waals surface area contributed by atoms with Crippen LogP contribution >= 0.6 is 0 Å². The van der Waals surface area contributed by atoms with E-state index in [9.17, 15) is 17.6 Å². The summed E-state index contributed by atoms with van der Waals surface area (Å²) < 4.78 is 50.2. The molecular weight excluding hydrogens is 272 g/mol. The molecule has 106 valence electrons. The first kappa shape index (κ1) is 14.5. The lowest BCUT2D eigenvalue weighted by molar-refractivity contribution is -0.137. The minimum atomic E-state index is -4.42. The van der Waals surface area contributed by atoms with Crippen LogP contribution in [-0.4, -0.2) is 4.98 Å². The normalized spacial score (nSPS) is 13.2. The average Bonchev–Trinajstić information content (AvgIpc) is 2.38. The Morgan fingerprint density at radius 2 is 1.90 bits per heavy atom. The van der Waals surface area contributed by atoms with E-state index in [2.05, 4.69) is 4.98 Å². The number of nitrogens with zero attached hydrogens (tertiary/aromatic N) is 1. The lowest BCUT2D eigenvalue weighted by Gasteiger charge is -2.12. The number of pyridine rings is 1. The monoisotopic (exact) mass is 284 g/mol. The Bertz CT molecular complexity index is 578. The molecule has 6 heteroatoms. The lowest BCUT2D eigenvalue weighted by atomic mass is 10.0. The number of aromatic nitrogens is 1. The van der Waals surface area contributed by atoms with Crippen molar-refractivity contribution in [2.24, 2.45) is 5.73 Å². The van der Waals surface area contributed by atoms with Crippen LogP contribution in [0, 0.1) is 5.82 Å². The molecular formula is C14H12F4N2. The summed E-state index contributed by atoms with van der Waals surface area (Å²) in [6.45, 7) is 0. The quantitative estimate of drug-likeness (QED) is 0.876. The molecule has 1 aromatic carbocycles. The molecule has 2 nitrogen and oxygen atoms in total. The average molecular weight is 284 g/mol. The summed E-state index contributed by atoms with van der Waals surface area (Å²) in [6, 6.07) is 7.50. The van der Waals surface area contributed by atoms with Crippen molar-refractivity contribution >= 4 is 0 Å². The summed E-state index contributed by atoms with van der Waals surface area (Å²) in [5.74, 6) is -0.380. The van der Waals surface area contributed by atoms with Crippen LogP contribution < -0.4 is 5.73 Å². The van der Waals surface area contributed by atoms with Crippen molar-refractivity contribution in [2.75, 3.05) is 0 Å². The second-order valence-electron chi connectivity index (χ2n) is 4.41. The topological polar surface area (TPSA) is 38.9 Å². The molecule has 0 fully saturated rings. The number of benzene rings is 1. The van der Waals surface area contributed by atoms with E-state index >= 15 is 0 Å². The van der Waals surface area contributed by atoms with Gasteiger partial charge in [0.2, 0.25) is 0 Å².